The van der Waals surface area contributed by atoms with E-state index in [1.807, 2.05) is 20.8 Å². The van der Waals surface area contributed by atoms with Crippen molar-refractivity contribution in [3.05, 3.63) is 29.3 Å². The zero-order valence-corrected chi connectivity index (χ0v) is 12.0. The summed E-state index contributed by atoms with van der Waals surface area (Å²) in [7, 11) is 1.37. The molecule has 0 unspecified atom stereocenters. The van der Waals surface area contributed by atoms with Crippen LogP contribution < -0.4 is 10.6 Å². The Morgan fingerprint density at radius 3 is 2.30 bits per heavy atom. The maximum Gasteiger partial charge on any atom is 0.418 e. The van der Waals surface area contributed by atoms with Gasteiger partial charge in [-0.05, 0) is 32.4 Å². The van der Waals surface area contributed by atoms with Gasteiger partial charge >= 0.3 is 6.18 Å². The Hall–Kier alpha value is -1.72. The van der Waals surface area contributed by atoms with E-state index in [1.165, 1.54) is 19.2 Å². The van der Waals surface area contributed by atoms with Crippen LogP contribution in [0.1, 0.15) is 43.1 Å². The van der Waals surface area contributed by atoms with Gasteiger partial charge in [-0.3, -0.25) is 4.79 Å². The quantitative estimate of drug-likeness (QED) is 0.887. The van der Waals surface area contributed by atoms with Gasteiger partial charge in [-0.2, -0.15) is 13.2 Å². The zero-order chi connectivity index (χ0) is 15.6. The molecule has 1 amide bonds. The normalized spacial score (nSPS) is 12.2. The number of anilines is 1. The first kappa shape index (κ1) is 16.3. The molecule has 0 heterocycles. The molecule has 112 valence electrons. The molecule has 1 rings (SSSR count). The van der Waals surface area contributed by atoms with Crippen LogP contribution in [-0.4, -0.2) is 18.5 Å². The topological polar surface area (TPSA) is 41.1 Å². The minimum absolute atomic E-state index is 0.0103. The number of carbonyl (C=O) groups is 1. The van der Waals surface area contributed by atoms with E-state index in [9.17, 15) is 18.0 Å². The highest BCUT2D eigenvalue weighted by atomic mass is 19.4. The Kier molecular flexibility index (Phi) is 4.68. The van der Waals surface area contributed by atoms with Gasteiger partial charge in [0.15, 0.2) is 0 Å². The summed E-state index contributed by atoms with van der Waals surface area (Å²) in [5.41, 5.74) is -1.54. The summed E-state index contributed by atoms with van der Waals surface area (Å²) < 4.78 is 38.7. The third-order valence-corrected chi connectivity index (χ3v) is 3.20. The van der Waals surface area contributed by atoms with Gasteiger partial charge in [0.05, 0.1) is 16.8 Å². The maximum absolute atomic E-state index is 12.9. The van der Waals surface area contributed by atoms with Gasteiger partial charge in [0.1, 0.15) is 0 Å². The molecule has 2 N–H and O–H groups in total. The van der Waals surface area contributed by atoms with Crippen LogP contribution in [-0.2, 0) is 6.18 Å². The molecule has 3 nitrogen and oxygen atoms in total. The fourth-order valence-corrected chi connectivity index (χ4v) is 1.71. The van der Waals surface area contributed by atoms with Gasteiger partial charge in [-0.15, -0.1) is 0 Å². The Morgan fingerprint density at radius 2 is 1.85 bits per heavy atom. The third kappa shape index (κ3) is 3.65. The number of halogens is 3. The largest absolute Gasteiger partial charge is 0.418 e. The molecule has 0 saturated carbocycles. The number of para-hydroxylation sites is 1. The lowest BCUT2D eigenvalue weighted by Gasteiger charge is -2.25. The predicted octanol–water partition coefficient (Wildman–Crippen LogP) is 3.67. The van der Waals surface area contributed by atoms with Crippen LogP contribution in [0.5, 0.6) is 0 Å². The molecule has 6 heteroatoms. The highest BCUT2D eigenvalue weighted by molar-refractivity contribution is 6.00. The first-order valence-corrected chi connectivity index (χ1v) is 6.33. The van der Waals surface area contributed by atoms with Gasteiger partial charge in [-0.25, -0.2) is 0 Å². The summed E-state index contributed by atoms with van der Waals surface area (Å²) in [4.78, 5) is 12.2. The fourth-order valence-electron chi connectivity index (χ4n) is 1.71. The van der Waals surface area contributed by atoms with Crippen LogP contribution in [0.4, 0.5) is 18.9 Å². The third-order valence-electron chi connectivity index (χ3n) is 3.20. The summed E-state index contributed by atoms with van der Waals surface area (Å²) in [6, 6.07) is 3.56. The Bertz CT molecular complexity index is 496. The molecule has 0 atom stereocenters. The average Bonchev–Trinajstić information content (AvgIpc) is 2.36. The number of carbonyl (C=O) groups excluding carboxylic acids is 1. The highest BCUT2D eigenvalue weighted by Crippen LogP contribution is 2.36. The molecule has 0 aliphatic heterocycles. The van der Waals surface area contributed by atoms with Crippen molar-refractivity contribution in [1.29, 1.82) is 0 Å². The average molecular weight is 288 g/mol. The second-order valence-electron chi connectivity index (χ2n) is 5.17. The predicted molar refractivity (Wildman–Crippen MR) is 72.8 cm³/mol. The molecular weight excluding hydrogens is 269 g/mol. The molecule has 0 aliphatic carbocycles. The standard InChI is InChI=1S/C14H19F3N2O/c1-5-13(2,3)19-12(20)9-7-6-8-10(11(9)18-4)14(15,16)17/h6-8,18H,5H2,1-4H3,(H,19,20). The van der Waals surface area contributed by atoms with Crippen LogP contribution in [0.25, 0.3) is 0 Å². The van der Waals surface area contributed by atoms with Crippen molar-refractivity contribution in [1.82, 2.24) is 5.32 Å². The first-order valence-electron chi connectivity index (χ1n) is 6.33. The van der Waals surface area contributed by atoms with E-state index in [4.69, 9.17) is 0 Å². The summed E-state index contributed by atoms with van der Waals surface area (Å²) in [6.07, 6.45) is -3.83. The van der Waals surface area contributed by atoms with Gasteiger partial charge in [0.2, 0.25) is 0 Å². The minimum Gasteiger partial charge on any atom is -0.387 e. The van der Waals surface area contributed by atoms with E-state index in [-0.39, 0.29) is 11.3 Å². The zero-order valence-electron chi connectivity index (χ0n) is 12.0. The van der Waals surface area contributed by atoms with E-state index in [1.54, 1.807) is 0 Å². The van der Waals surface area contributed by atoms with Crippen molar-refractivity contribution < 1.29 is 18.0 Å². The fraction of sp³-hybridized carbons (Fsp3) is 0.500. The van der Waals surface area contributed by atoms with Crippen LogP contribution in [0, 0.1) is 0 Å². The van der Waals surface area contributed by atoms with Crippen molar-refractivity contribution in [2.24, 2.45) is 0 Å². The van der Waals surface area contributed by atoms with Crippen LogP contribution in [0.3, 0.4) is 0 Å². The van der Waals surface area contributed by atoms with Gasteiger partial charge in [-0.1, -0.05) is 13.0 Å². The lowest BCUT2D eigenvalue weighted by atomic mass is 10.00. The van der Waals surface area contributed by atoms with Crippen LogP contribution in [0.2, 0.25) is 0 Å². The number of benzene rings is 1. The van der Waals surface area contributed by atoms with Crippen molar-refractivity contribution in [2.75, 3.05) is 12.4 Å². The smallest absolute Gasteiger partial charge is 0.387 e. The Labute approximate surface area is 116 Å². The molecule has 20 heavy (non-hydrogen) atoms. The SMILES string of the molecule is CCC(C)(C)NC(=O)c1cccc(C(F)(F)F)c1NC. The van der Waals surface area contributed by atoms with E-state index >= 15 is 0 Å². The number of alkyl halides is 3. The molecule has 0 spiro atoms. The van der Waals surface area contributed by atoms with Gasteiger partial charge in [0, 0.05) is 12.6 Å². The Balaban J connectivity index is 3.23. The number of rotatable bonds is 4. The second-order valence-corrected chi connectivity index (χ2v) is 5.17. The minimum atomic E-state index is -4.51. The summed E-state index contributed by atoms with van der Waals surface area (Å²) >= 11 is 0. The van der Waals surface area contributed by atoms with Crippen molar-refractivity contribution >= 4 is 11.6 Å². The summed E-state index contributed by atoms with van der Waals surface area (Å²) in [5, 5.41) is 5.20. The molecule has 0 fully saturated rings. The van der Waals surface area contributed by atoms with Gasteiger partial charge in [0.25, 0.3) is 5.91 Å². The van der Waals surface area contributed by atoms with E-state index < -0.39 is 23.2 Å². The number of hydrogen-bond acceptors (Lipinski definition) is 2. The molecule has 1 aromatic rings. The second kappa shape index (κ2) is 5.73. The molecule has 0 aromatic heterocycles. The molecule has 0 radical (unpaired) electrons. The molecule has 0 aliphatic rings. The lowest BCUT2D eigenvalue weighted by Crippen LogP contribution is -2.43. The van der Waals surface area contributed by atoms with Crippen molar-refractivity contribution in [2.45, 2.75) is 38.9 Å². The number of amides is 1. The Morgan fingerprint density at radius 1 is 1.25 bits per heavy atom. The summed E-state index contributed by atoms with van der Waals surface area (Å²) in [6.45, 7) is 5.53. The van der Waals surface area contributed by atoms with Crippen molar-refractivity contribution in [3.8, 4) is 0 Å². The lowest BCUT2D eigenvalue weighted by molar-refractivity contribution is -0.136. The van der Waals surface area contributed by atoms with E-state index in [0.29, 0.717) is 6.42 Å². The number of hydrogen-bond donors (Lipinski definition) is 2. The van der Waals surface area contributed by atoms with Crippen LogP contribution >= 0.6 is 0 Å². The van der Waals surface area contributed by atoms with E-state index in [2.05, 4.69) is 10.6 Å². The van der Waals surface area contributed by atoms with Crippen LogP contribution in [0.15, 0.2) is 18.2 Å². The molecular formula is C14H19F3N2O. The molecule has 0 bridgehead atoms. The van der Waals surface area contributed by atoms with Crippen molar-refractivity contribution in [3.63, 3.8) is 0 Å². The summed E-state index contributed by atoms with van der Waals surface area (Å²) in [5.74, 6) is -0.521. The number of nitrogens with one attached hydrogen (secondary N) is 2. The highest BCUT2D eigenvalue weighted by Gasteiger charge is 2.35. The van der Waals surface area contributed by atoms with E-state index in [0.717, 1.165) is 6.07 Å². The monoisotopic (exact) mass is 288 g/mol. The first-order chi connectivity index (χ1) is 9.12. The van der Waals surface area contributed by atoms with Gasteiger partial charge < -0.3 is 10.6 Å². The maximum atomic E-state index is 12.9. The molecule has 1 aromatic carbocycles. The molecule has 0 saturated heterocycles.